The molecule has 3 aromatic heterocycles. The molecule has 5 heterocycles. The van der Waals surface area contributed by atoms with E-state index in [2.05, 4.69) is 20.4 Å². The number of imidazole rings is 1. The molecule has 2 aliphatic heterocycles. The van der Waals surface area contributed by atoms with Crippen molar-refractivity contribution < 1.29 is 31.8 Å². The third-order valence-electron chi connectivity index (χ3n) is 7.67. The molecule has 1 amide bonds. The Morgan fingerprint density at radius 3 is 2.61 bits per heavy atom. The number of carbonyl (C=O) groups excluding carboxylic acids is 1. The van der Waals surface area contributed by atoms with Gasteiger partial charge in [0.15, 0.2) is 10.8 Å². The number of likely N-dealkylation sites (tertiary alicyclic amines) is 1. The number of nitrogens with one attached hydrogen (secondary N) is 1. The first-order chi connectivity index (χ1) is 20.8. The number of rotatable bonds is 5. The summed E-state index contributed by atoms with van der Waals surface area (Å²) >= 11 is 6.41. The fraction of sp³-hybridized carbons (Fsp3) is 0.448. The van der Waals surface area contributed by atoms with Crippen LogP contribution in [0.25, 0.3) is 16.6 Å². The molecule has 0 bridgehead atoms. The summed E-state index contributed by atoms with van der Waals surface area (Å²) in [6.07, 6.45) is 0.0831. The topological polar surface area (TPSA) is 98.8 Å². The first kappa shape index (κ1) is 30.0. The minimum atomic E-state index is -4.77. The van der Waals surface area contributed by atoms with E-state index >= 15 is 0 Å². The smallest absolute Gasteiger partial charge is 0.435 e. The Balaban J connectivity index is 1.29. The maximum atomic E-state index is 14.7. The van der Waals surface area contributed by atoms with Crippen LogP contribution in [0.1, 0.15) is 56.5 Å². The number of ether oxygens (including phenoxy) is 2. The van der Waals surface area contributed by atoms with E-state index < -0.39 is 29.4 Å². The van der Waals surface area contributed by atoms with Crippen LogP contribution in [-0.2, 0) is 23.9 Å². The standard InChI is InChI=1S/C29H30ClF4N7O3/c1-28(2,3)44-27(42)39-9-6-16(7-10-39)41-14-20(24(38-41)29(32,33)34)19-13-36-26(40-15-37-25(30)23(19)40)35-12-18-17-8-11-43-22(17)5-4-21(18)31/h4-5,13-16H,6-12H2,1-3H3,(H,35,36). The number of halogens is 5. The lowest BCUT2D eigenvalue weighted by Crippen LogP contribution is -2.42. The number of hydrogen-bond donors (Lipinski definition) is 1. The molecule has 15 heteroatoms. The Labute approximate surface area is 254 Å². The summed E-state index contributed by atoms with van der Waals surface area (Å²) in [4.78, 5) is 22.5. The molecule has 1 aromatic carbocycles. The van der Waals surface area contributed by atoms with Gasteiger partial charge >= 0.3 is 12.3 Å². The average Bonchev–Trinajstić information content (AvgIpc) is 3.71. The summed E-state index contributed by atoms with van der Waals surface area (Å²) in [5, 5.41) is 7.00. The Morgan fingerprint density at radius 2 is 1.91 bits per heavy atom. The highest BCUT2D eigenvalue weighted by atomic mass is 35.5. The molecule has 1 saturated heterocycles. The molecule has 0 atom stereocenters. The number of anilines is 1. The molecule has 6 rings (SSSR count). The average molecular weight is 636 g/mol. The highest BCUT2D eigenvalue weighted by Gasteiger charge is 2.39. The normalized spacial score (nSPS) is 15.9. The molecule has 0 spiro atoms. The van der Waals surface area contributed by atoms with Crippen LogP contribution < -0.4 is 10.1 Å². The summed E-state index contributed by atoms with van der Waals surface area (Å²) in [5.74, 6) is 0.432. The van der Waals surface area contributed by atoms with Crippen molar-refractivity contribution >= 4 is 29.2 Å². The SMILES string of the molecule is CC(C)(C)OC(=O)N1CCC(n2cc(-c3cnc(NCc4c(F)ccc5c4CCO5)n4cnc(Cl)c34)c(C(F)(F)F)n2)CC1. The van der Waals surface area contributed by atoms with Crippen molar-refractivity contribution in [1.29, 1.82) is 0 Å². The van der Waals surface area contributed by atoms with E-state index in [1.807, 2.05) is 0 Å². The number of benzene rings is 1. The van der Waals surface area contributed by atoms with Gasteiger partial charge in [-0.05, 0) is 45.7 Å². The molecule has 1 N–H and O–H groups in total. The van der Waals surface area contributed by atoms with Crippen LogP contribution in [0.3, 0.4) is 0 Å². The van der Waals surface area contributed by atoms with Gasteiger partial charge in [0.05, 0.1) is 18.2 Å². The van der Waals surface area contributed by atoms with E-state index in [1.165, 1.54) is 33.9 Å². The molecular weight excluding hydrogens is 606 g/mol. The summed E-state index contributed by atoms with van der Waals surface area (Å²) in [7, 11) is 0. The quantitative estimate of drug-likeness (QED) is 0.249. The second kappa shape index (κ2) is 11.1. The first-order valence-electron chi connectivity index (χ1n) is 14.1. The third-order valence-corrected chi connectivity index (χ3v) is 7.94. The van der Waals surface area contributed by atoms with Gasteiger partial charge in [-0.25, -0.2) is 19.2 Å². The van der Waals surface area contributed by atoms with E-state index in [0.717, 1.165) is 5.56 Å². The lowest BCUT2D eigenvalue weighted by atomic mass is 10.0. The molecule has 0 aliphatic carbocycles. The number of hydrogen-bond acceptors (Lipinski definition) is 7. The zero-order chi connectivity index (χ0) is 31.4. The van der Waals surface area contributed by atoms with Crippen molar-refractivity contribution in [3.63, 3.8) is 0 Å². The predicted molar refractivity (Wildman–Crippen MR) is 153 cm³/mol. The minimum absolute atomic E-state index is 0.0304. The number of aromatic nitrogens is 5. The number of nitrogens with zero attached hydrogens (tertiary/aromatic N) is 6. The first-order valence-corrected chi connectivity index (χ1v) is 14.5. The third kappa shape index (κ3) is 5.74. The van der Waals surface area contributed by atoms with Crippen LogP contribution in [0.5, 0.6) is 5.75 Å². The molecule has 0 saturated carbocycles. The molecule has 2 aliphatic rings. The van der Waals surface area contributed by atoms with Crippen molar-refractivity contribution in [2.45, 2.75) is 64.4 Å². The van der Waals surface area contributed by atoms with Gasteiger partial charge in [-0.3, -0.25) is 9.08 Å². The summed E-state index contributed by atoms with van der Waals surface area (Å²) < 4.78 is 71.4. The van der Waals surface area contributed by atoms with Gasteiger partial charge in [0.2, 0.25) is 5.95 Å². The molecule has 44 heavy (non-hydrogen) atoms. The van der Waals surface area contributed by atoms with E-state index in [-0.39, 0.29) is 40.3 Å². The van der Waals surface area contributed by atoms with Crippen molar-refractivity contribution in [2.75, 3.05) is 25.0 Å². The second-order valence-electron chi connectivity index (χ2n) is 11.8. The van der Waals surface area contributed by atoms with E-state index in [1.54, 1.807) is 31.7 Å². The lowest BCUT2D eigenvalue weighted by molar-refractivity contribution is -0.141. The van der Waals surface area contributed by atoms with Gasteiger partial charge in [0.1, 0.15) is 23.5 Å². The zero-order valence-electron chi connectivity index (χ0n) is 24.2. The Morgan fingerprint density at radius 1 is 1.16 bits per heavy atom. The van der Waals surface area contributed by atoms with Crippen LogP contribution in [0.2, 0.25) is 5.15 Å². The van der Waals surface area contributed by atoms with Gasteiger partial charge in [-0.1, -0.05) is 11.6 Å². The van der Waals surface area contributed by atoms with Crippen LogP contribution in [0, 0.1) is 5.82 Å². The van der Waals surface area contributed by atoms with Crippen LogP contribution in [-0.4, -0.2) is 60.4 Å². The van der Waals surface area contributed by atoms with E-state index in [4.69, 9.17) is 21.1 Å². The van der Waals surface area contributed by atoms with Crippen LogP contribution in [0.4, 0.5) is 28.3 Å². The molecule has 10 nitrogen and oxygen atoms in total. The highest BCUT2D eigenvalue weighted by molar-refractivity contribution is 6.33. The number of carbonyl (C=O) groups is 1. The molecule has 234 valence electrons. The Hall–Kier alpha value is -4.07. The van der Waals surface area contributed by atoms with Gasteiger partial charge < -0.3 is 19.7 Å². The largest absolute Gasteiger partial charge is 0.493 e. The number of alkyl halides is 3. The van der Waals surface area contributed by atoms with Gasteiger partial charge in [0.25, 0.3) is 0 Å². The van der Waals surface area contributed by atoms with Gasteiger partial charge in [-0.15, -0.1) is 0 Å². The summed E-state index contributed by atoms with van der Waals surface area (Å²) in [6.45, 7) is 6.45. The maximum absolute atomic E-state index is 14.7. The minimum Gasteiger partial charge on any atom is -0.493 e. The summed E-state index contributed by atoms with van der Waals surface area (Å²) in [5.41, 5.74) is -0.493. The zero-order valence-corrected chi connectivity index (χ0v) is 25.0. The van der Waals surface area contributed by atoms with Gasteiger partial charge in [0, 0.05) is 60.7 Å². The lowest BCUT2D eigenvalue weighted by Gasteiger charge is -2.33. The fourth-order valence-electron chi connectivity index (χ4n) is 5.60. The van der Waals surface area contributed by atoms with Crippen molar-refractivity contribution in [3.05, 3.63) is 58.6 Å². The van der Waals surface area contributed by atoms with Crippen molar-refractivity contribution in [1.82, 2.24) is 29.0 Å². The molecule has 4 aromatic rings. The predicted octanol–water partition coefficient (Wildman–Crippen LogP) is 6.52. The number of amides is 1. The molecule has 0 unspecified atom stereocenters. The van der Waals surface area contributed by atoms with Crippen molar-refractivity contribution in [3.8, 4) is 16.9 Å². The monoisotopic (exact) mass is 635 g/mol. The molecule has 1 fully saturated rings. The Bertz CT molecular complexity index is 1720. The molecule has 0 radical (unpaired) electrons. The number of fused-ring (bicyclic) bond motifs is 2. The Kier molecular flexibility index (Phi) is 7.58. The highest BCUT2D eigenvalue weighted by Crippen LogP contribution is 2.41. The molecular formula is C29H30ClF4N7O3. The van der Waals surface area contributed by atoms with E-state index in [9.17, 15) is 22.4 Å². The summed E-state index contributed by atoms with van der Waals surface area (Å²) in [6, 6.07) is 2.55. The second-order valence-corrected chi connectivity index (χ2v) is 12.1. The van der Waals surface area contributed by atoms with Crippen LogP contribution >= 0.6 is 11.6 Å². The van der Waals surface area contributed by atoms with Gasteiger partial charge in [-0.2, -0.15) is 18.3 Å². The van der Waals surface area contributed by atoms with Crippen molar-refractivity contribution in [2.24, 2.45) is 0 Å². The number of piperidine rings is 1. The fourth-order valence-corrected chi connectivity index (χ4v) is 5.84. The van der Waals surface area contributed by atoms with Crippen LogP contribution in [0.15, 0.2) is 30.9 Å². The van der Waals surface area contributed by atoms with E-state index in [0.29, 0.717) is 50.3 Å². The maximum Gasteiger partial charge on any atom is 0.435 e.